The third-order valence-corrected chi connectivity index (χ3v) is 10.3. The van der Waals surface area contributed by atoms with E-state index < -0.39 is 11.8 Å². The number of aryl methyl sites for hydroxylation is 1. The zero-order valence-electron chi connectivity index (χ0n) is 28.8. The number of carboxylic acids is 1. The van der Waals surface area contributed by atoms with Crippen LogP contribution in [0.3, 0.4) is 0 Å². The second-order valence-corrected chi connectivity index (χ2v) is 14.4. The predicted molar refractivity (Wildman–Crippen MR) is 200 cm³/mol. The molecule has 50 heavy (non-hydrogen) atoms. The number of para-hydroxylation sites is 1. The number of nitrogens with one attached hydrogen (secondary N) is 1. The molecule has 6 N–H and O–H groups in total. The fourth-order valence-electron chi connectivity index (χ4n) is 5.33. The first-order valence-electron chi connectivity index (χ1n) is 16.3. The SMILES string of the molecule is C/C(C1=C(N)N(c2nc(C(=O)O)c(CCCOc3ccc(C#CCN(C)CCN(C)C)cc3F)s2)CCC1)=C(/N)Nc1nc2ccccc2s1. The molecule has 0 spiro atoms. The van der Waals surface area contributed by atoms with Gasteiger partial charge in [0, 0.05) is 30.1 Å². The van der Waals surface area contributed by atoms with Crippen molar-refractivity contribution in [1.29, 1.82) is 0 Å². The number of hydrogen-bond acceptors (Lipinski definition) is 12. The molecule has 0 aliphatic carbocycles. The maximum absolute atomic E-state index is 14.8. The van der Waals surface area contributed by atoms with E-state index in [2.05, 4.69) is 36.9 Å². The number of allylic oxidation sites excluding steroid dienone is 2. The van der Waals surface area contributed by atoms with Crippen LogP contribution >= 0.6 is 22.7 Å². The summed E-state index contributed by atoms with van der Waals surface area (Å²) < 4.78 is 21.5. The molecule has 11 nitrogen and oxygen atoms in total. The van der Waals surface area contributed by atoms with Crippen molar-refractivity contribution < 1.29 is 19.0 Å². The first kappa shape index (κ1) is 36.6. The Balaban J connectivity index is 1.20. The summed E-state index contributed by atoms with van der Waals surface area (Å²) in [5, 5.41) is 14.3. The molecule has 4 aromatic rings. The standard InChI is InChI=1S/C36H43FN8O3S2/c1-23(32(38)42-35-40-27-12-5-6-13-29(27)49-35)25-11-8-18-45(33(25)39)36-41-31(34(46)47)30(50-36)14-9-21-48-28-16-15-24(22-26(28)37)10-7-17-44(4)20-19-43(2)3/h5-6,12-13,15-16,22H,8-9,11,14,17-21,38-39H2,1-4H3,(H,40,42)(H,46,47)/b32-23+. The molecule has 0 radical (unpaired) electrons. The topological polar surface area (TPSA) is 146 Å². The number of rotatable bonds is 14. The molecule has 0 saturated heterocycles. The van der Waals surface area contributed by atoms with Crippen molar-refractivity contribution in [3.63, 3.8) is 0 Å². The van der Waals surface area contributed by atoms with Gasteiger partial charge in [0.25, 0.3) is 0 Å². The van der Waals surface area contributed by atoms with E-state index in [1.54, 1.807) is 12.1 Å². The maximum atomic E-state index is 14.8. The van der Waals surface area contributed by atoms with Crippen LogP contribution in [-0.2, 0) is 6.42 Å². The lowest BCUT2D eigenvalue weighted by Gasteiger charge is -2.30. The molecular formula is C36H43FN8O3S2. The first-order valence-corrected chi connectivity index (χ1v) is 18.0. The molecule has 0 unspecified atom stereocenters. The lowest BCUT2D eigenvalue weighted by atomic mass is 9.99. The third kappa shape index (κ3) is 9.30. The van der Waals surface area contributed by atoms with Gasteiger partial charge < -0.3 is 36.4 Å². The van der Waals surface area contributed by atoms with Gasteiger partial charge in [0.2, 0.25) is 0 Å². The van der Waals surface area contributed by atoms with Crippen molar-refractivity contribution in [3.05, 3.63) is 87.2 Å². The number of carboxylic acid groups (broad SMARTS) is 1. The van der Waals surface area contributed by atoms with Crippen LogP contribution in [-0.4, -0.2) is 84.8 Å². The van der Waals surface area contributed by atoms with E-state index in [1.165, 1.54) is 28.7 Å². The van der Waals surface area contributed by atoms with Crippen molar-refractivity contribution in [2.75, 3.05) is 64.1 Å². The number of aromatic nitrogens is 2. The summed E-state index contributed by atoms with van der Waals surface area (Å²) in [5.41, 5.74) is 16.3. The van der Waals surface area contributed by atoms with Crippen molar-refractivity contribution in [2.24, 2.45) is 11.5 Å². The number of nitrogens with zero attached hydrogens (tertiary/aromatic N) is 5. The van der Waals surface area contributed by atoms with Gasteiger partial charge in [-0.25, -0.2) is 19.2 Å². The minimum Gasteiger partial charge on any atom is -0.491 e. The van der Waals surface area contributed by atoms with E-state index in [9.17, 15) is 14.3 Å². The van der Waals surface area contributed by atoms with Gasteiger partial charge in [0.1, 0.15) is 11.6 Å². The highest BCUT2D eigenvalue weighted by Gasteiger charge is 2.26. The Morgan fingerprint density at radius 3 is 2.70 bits per heavy atom. The molecule has 1 aliphatic rings. The average Bonchev–Trinajstić information content (AvgIpc) is 3.70. The van der Waals surface area contributed by atoms with Crippen LogP contribution in [0.25, 0.3) is 10.2 Å². The Morgan fingerprint density at radius 1 is 1.16 bits per heavy atom. The van der Waals surface area contributed by atoms with Crippen molar-refractivity contribution in [1.82, 2.24) is 19.8 Å². The minimum absolute atomic E-state index is 0.0179. The Hall–Kier alpha value is -4.68. The lowest BCUT2D eigenvalue weighted by molar-refractivity contribution is 0.0690. The molecule has 3 heterocycles. The quantitative estimate of drug-likeness (QED) is 0.0966. The molecule has 0 saturated carbocycles. The fourth-order valence-corrected chi connectivity index (χ4v) is 7.34. The smallest absolute Gasteiger partial charge is 0.355 e. The van der Waals surface area contributed by atoms with E-state index in [4.69, 9.17) is 16.2 Å². The Labute approximate surface area is 300 Å². The van der Waals surface area contributed by atoms with E-state index in [1.807, 2.05) is 57.2 Å². The summed E-state index contributed by atoms with van der Waals surface area (Å²) in [7, 11) is 6.05. The number of nitrogens with two attached hydrogens (primary N) is 2. The summed E-state index contributed by atoms with van der Waals surface area (Å²) in [6.07, 6.45) is 2.37. The third-order valence-electron chi connectivity index (χ3n) is 8.17. The second-order valence-electron chi connectivity index (χ2n) is 12.3. The van der Waals surface area contributed by atoms with E-state index in [0.29, 0.717) is 58.3 Å². The minimum atomic E-state index is -1.12. The van der Waals surface area contributed by atoms with Gasteiger partial charge >= 0.3 is 5.97 Å². The number of carbonyl (C=O) groups is 1. The molecule has 1 aliphatic heterocycles. The number of fused-ring (bicyclic) bond motifs is 1. The van der Waals surface area contributed by atoms with Crippen molar-refractivity contribution in [2.45, 2.75) is 32.6 Å². The van der Waals surface area contributed by atoms with E-state index in [0.717, 1.165) is 47.3 Å². The average molecular weight is 719 g/mol. The van der Waals surface area contributed by atoms with Crippen LogP contribution in [0, 0.1) is 17.7 Å². The number of benzene rings is 2. The number of hydrogen-bond donors (Lipinski definition) is 4. The van der Waals surface area contributed by atoms with Crippen LogP contribution in [0.1, 0.15) is 47.1 Å². The van der Waals surface area contributed by atoms with Gasteiger partial charge in [-0.1, -0.05) is 35.3 Å². The largest absolute Gasteiger partial charge is 0.491 e. The number of anilines is 2. The zero-order chi connectivity index (χ0) is 35.8. The molecule has 0 fully saturated rings. The highest BCUT2D eigenvalue weighted by Crippen LogP contribution is 2.35. The summed E-state index contributed by atoms with van der Waals surface area (Å²) in [6, 6.07) is 12.5. The highest BCUT2D eigenvalue weighted by atomic mass is 32.1. The molecular weight excluding hydrogens is 676 g/mol. The van der Waals surface area contributed by atoms with Gasteiger partial charge in [-0.05, 0) is 95.2 Å². The van der Waals surface area contributed by atoms with Crippen LogP contribution in [0.2, 0.25) is 0 Å². The molecule has 5 rings (SSSR count). The molecule has 0 atom stereocenters. The number of ether oxygens (including phenoxy) is 1. The number of thiazole rings is 2. The monoisotopic (exact) mass is 718 g/mol. The van der Waals surface area contributed by atoms with Gasteiger partial charge in [0.15, 0.2) is 27.5 Å². The number of likely N-dealkylation sites (N-methyl/N-ethyl adjacent to an activating group) is 2. The van der Waals surface area contributed by atoms with Crippen LogP contribution in [0.15, 0.2) is 65.3 Å². The van der Waals surface area contributed by atoms with Gasteiger partial charge in [-0.3, -0.25) is 4.90 Å². The van der Waals surface area contributed by atoms with Crippen LogP contribution in [0.5, 0.6) is 5.75 Å². The van der Waals surface area contributed by atoms with Crippen LogP contribution in [0.4, 0.5) is 14.7 Å². The fraction of sp³-hybridized carbons (Fsp3) is 0.361. The molecule has 0 amide bonds. The normalized spacial score (nSPS) is 13.9. The number of halogens is 1. The second kappa shape index (κ2) is 16.8. The molecule has 14 heteroatoms. The first-order chi connectivity index (χ1) is 24.0. The summed E-state index contributed by atoms with van der Waals surface area (Å²) >= 11 is 2.80. The van der Waals surface area contributed by atoms with E-state index in [-0.39, 0.29) is 18.1 Å². The van der Waals surface area contributed by atoms with Gasteiger partial charge in [-0.2, -0.15) is 0 Å². The predicted octanol–water partition coefficient (Wildman–Crippen LogP) is 5.52. The Bertz CT molecular complexity index is 1930. The molecule has 2 aromatic carbocycles. The lowest BCUT2D eigenvalue weighted by Crippen LogP contribution is -2.34. The van der Waals surface area contributed by atoms with E-state index >= 15 is 0 Å². The summed E-state index contributed by atoms with van der Waals surface area (Å²) in [5.74, 6) is 5.55. The number of aromatic carboxylic acids is 1. The highest BCUT2D eigenvalue weighted by molar-refractivity contribution is 7.22. The zero-order valence-corrected chi connectivity index (χ0v) is 30.4. The Kier molecular flexibility index (Phi) is 12.3. The summed E-state index contributed by atoms with van der Waals surface area (Å²) in [6.45, 7) is 5.12. The maximum Gasteiger partial charge on any atom is 0.355 e. The van der Waals surface area contributed by atoms with Crippen LogP contribution < -0.4 is 26.4 Å². The molecule has 264 valence electrons. The van der Waals surface area contributed by atoms with Gasteiger partial charge in [-0.15, -0.1) is 11.3 Å². The molecule has 2 aromatic heterocycles. The van der Waals surface area contributed by atoms with Crippen molar-refractivity contribution in [3.8, 4) is 17.6 Å². The summed E-state index contributed by atoms with van der Waals surface area (Å²) in [4.78, 5) is 27.9. The van der Waals surface area contributed by atoms with Crippen molar-refractivity contribution >= 4 is 49.1 Å². The van der Waals surface area contributed by atoms with Gasteiger partial charge in [0.05, 0.1) is 23.4 Å². The molecule has 0 bridgehead atoms. The Morgan fingerprint density at radius 2 is 1.96 bits per heavy atom.